The first kappa shape index (κ1) is 22.6. The fraction of sp³-hybridized carbons (Fsp3) is 0.240. The van der Waals surface area contributed by atoms with Crippen LogP contribution in [0.5, 0.6) is 11.5 Å². The molecule has 0 saturated carbocycles. The van der Waals surface area contributed by atoms with Crippen molar-refractivity contribution in [2.75, 3.05) is 37.8 Å². The SMILES string of the molecule is Cc1cc(C#N)cc(C)c1Oc1cc(NCCN(C)C)nc(Nc2ccc(C#N)cc2)c1. The van der Waals surface area contributed by atoms with Crippen LogP contribution in [0.1, 0.15) is 22.3 Å². The maximum atomic E-state index is 9.20. The summed E-state index contributed by atoms with van der Waals surface area (Å²) in [6, 6.07) is 18.8. The molecule has 0 aliphatic carbocycles. The van der Waals surface area contributed by atoms with Crippen LogP contribution in [0.25, 0.3) is 0 Å². The van der Waals surface area contributed by atoms with Crippen molar-refractivity contribution in [3.63, 3.8) is 0 Å². The molecule has 0 unspecified atom stereocenters. The lowest BCUT2D eigenvalue weighted by molar-refractivity contribution is 0.425. The number of ether oxygens (including phenoxy) is 1. The second kappa shape index (κ2) is 10.3. The van der Waals surface area contributed by atoms with Crippen molar-refractivity contribution in [2.24, 2.45) is 0 Å². The first-order valence-corrected chi connectivity index (χ1v) is 10.2. The molecular weight excluding hydrogens is 400 g/mol. The molecule has 0 bridgehead atoms. The van der Waals surface area contributed by atoms with E-state index >= 15 is 0 Å². The first-order valence-electron chi connectivity index (χ1n) is 10.2. The van der Waals surface area contributed by atoms with Gasteiger partial charge in [-0.2, -0.15) is 10.5 Å². The van der Waals surface area contributed by atoms with Crippen LogP contribution >= 0.6 is 0 Å². The monoisotopic (exact) mass is 426 g/mol. The zero-order chi connectivity index (χ0) is 23.1. The van der Waals surface area contributed by atoms with E-state index in [4.69, 9.17) is 10.00 Å². The smallest absolute Gasteiger partial charge is 0.136 e. The van der Waals surface area contributed by atoms with Crippen LogP contribution in [0.15, 0.2) is 48.5 Å². The average molecular weight is 427 g/mol. The van der Waals surface area contributed by atoms with Gasteiger partial charge in [0.2, 0.25) is 0 Å². The number of pyridine rings is 1. The minimum atomic E-state index is 0.596. The molecule has 0 atom stereocenters. The van der Waals surface area contributed by atoms with E-state index in [0.717, 1.165) is 35.7 Å². The first-order chi connectivity index (χ1) is 15.4. The Morgan fingerprint density at radius 1 is 0.906 bits per heavy atom. The molecule has 2 aromatic carbocycles. The molecule has 0 amide bonds. The van der Waals surface area contributed by atoms with Crippen LogP contribution in [-0.2, 0) is 0 Å². The van der Waals surface area contributed by atoms with Crippen molar-refractivity contribution >= 4 is 17.3 Å². The summed E-state index contributed by atoms with van der Waals surface area (Å²) in [7, 11) is 4.03. The zero-order valence-electron chi connectivity index (χ0n) is 18.7. The molecule has 0 fully saturated rings. The second-order valence-electron chi connectivity index (χ2n) is 7.77. The Kier molecular flexibility index (Phi) is 7.28. The number of nitriles is 2. The maximum Gasteiger partial charge on any atom is 0.136 e. The van der Waals surface area contributed by atoms with Gasteiger partial charge in [-0.1, -0.05) is 0 Å². The fourth-order valence-electron chi connectivity index (χ4n) is 3.20. The van der Waals surface area contributed by atoms with Gasteiger partial charge in [0, 0.05) is 30.9 Å². The van der Waals surface area contributed by atoms with E-state index in [9.17, 15) is 5.26 Å². The third kappa shape index (κ3) is 5.98. The van der Waals surface area contributed by atoms with Crippen molar-refractivity contribution in [3.05, 3.63) is 70.8 Å². The highest BCUT2D eigenvalue weighted by Crippen LogP contribution is 2.32. The molecule has 1 aromatic heterocycles. The number of nitrogens with zero attached hydrogens (tertiary/aromatic N) is 4. The number of benzene rings is 2. The summed E-state index contributed by atoms with van der Waals surface area (Å²) in [5, 5.41) is 24.8. The Morgan fingerprint density at radius 2 is 1.53 bits per heavy atom. The van der Waals surface area contributed by atoms with Gasteiger partial charge in [-0.05, 0) is 75.5 Å². The van der Waals surface area contributed by atoms with Crippen LogP contribution in [0.4, 0.5) is 17.3 Å². The van der Waals surface area contributed by atoms with E-state index in [1.54, 1.807) is 12.1 Å². The minimum absolute atomic E-state index is 0.596. The van der Waals surface area contributed by atoms with Crippen molar-refractivity contribution < 1.29 is 4.74 Å². The number of rotatable bonds is 8. The van der Waals surface area contributed by atoms with Crippen LogP contribution in [0.2, 0.25) is 0 Å². The molecule has 32 heavy (non-hydrogen) atoms. The van der Waals surface area contributed by atoms with Crippen LogP contribution in [0, 0.1) is 36.5 Å². The number of aryl methyl sites for hydroxylation is 2. The third-order valence-electron chi connectivity index (χ3n) is 4.76. The summed E-state index contributed by atoms with van der Waals surface area (Å²) >= 11 is 0. The van der Waals surface area contributed by atoms with Crippen molar-refractivity contribution in [1.82, 2.24) is 9.88 Å². The quantitative estimate of drug-likeness (QED) is 0.526. The zero-order valence-corrected chi connectivity index (χ0v) is 18.7. The average Bonchev–Trinajstić information content (AvgIpc) is 2.76. The number of hydrogen-bond acceptors (Lipinski definition) is 7. The topological polar surface area (TPSA) is 97.0 Å². The molecule has 0 radical (unpaired) electrons. The van der Waals surface area contributed by atoms with Gasteiger partial charge < -0.3 is 20.3 Å². The number of anilines is 3. The molecular formula is C25H26N6O. The highest BCUT2D eigenvalue weighted by Gasteiger charge is 2.11. The summed E-state index contributed by atoms with van der Waals surface area (Å²) in [4.78, 5) is 6.74. The van der Waals surface area contributed by atoms with Crippen molar-refractivity contribution in [3.8, 4) is 23.6 Å². The molecule has 1 heterocycles. The van der Waals surface area contributed by atoms with Gasteiger partial charge in [0.15, 0.2) is 0 Å². The Morgan fingerprint density at radius 3 is 2.12 bits per heavy atom. The highest BCUT2D eigenvalue weighted by molar-refractivity contribution is 5.62. The van der Waals surface area contributed by atoms with Crippen molar-refractivity contribution in [1.29, 1.82) is 10.5 Å². The van der Waals surface area contributed by atoms with Gasteiger partial charge in [0.25, 0.3) is 0 Å². The fourth-order valence-corrected chi connectivity index (χ4v) is 3.20. The number of nitrogens with one attached hydrogen (secondary N) is 2. The van der Waals surface area contributed by atoms with E-state index in [-0.39, 0.29) is 0 Å². The molecule has 0 aliphatic rings. The van der Waals surface area contributed by atoms with Gasteiger partial charge in [-0.3, -0.25) is 0 Å². The van der Waals surface area contributed by atoms with Gasteiger partial charge in [0.05, 0.1) is 23.3 Å². The number of likely N-dealkylation sites (N-methyl/N-ethyl adjacent to an activating group) is 1. The number of aromatic nitrogens is 1. The lowest BCUT2D eigenvalue weighted by Gasteiger charge is -2.16. The Balaban J connectivity index is 1.91. The lowest BCUT2D eigenvalue weighted by atomic mass is 10.1. The molecule has 0 aliphatic heterocycles. The summed E-state index contributed by atoms with van der Waals surface area (Å²) in [6.45, 7) is 5.45. The van der Waals surface area contributed by atoms with Gasteiger partial charge >= 0.3 is 0 Å². The largest absolute Gasteiger partial charge is 0.457 e. The molecule has 2 N–H and O–H groups in total. The molecule has 162 valence electrons. The van der Waals surface area contributed by atoms with Crippen LogP contribution in [0.3, 0.4) is 0 Å². The predicted molar refractivity (Wildman–Crippen MR) is 126 cm³/mol. The third-order valence-corrected chi connectivity index (χ3v) is 4.76. The predicted octanol–water partition coefficient (Wildman–Crippen LogP) is 4.95. The molecule has 3 aromatic rings. The highest BCUT2D eigenvalue weighted by atomic mass is 16.5. The van der Waals surface area contributed by atoms with E-state index in [1.807, 2.05) is 64.3 Å². The van der Waals surface area contributed by atoms with Crippen LogP contribution < -0.4 is 15.4 Å². The van der Waals surface area contributed by atoms with Gasteiger partial charge in [0.1, 0.15) is 23.1 Å². The normalized spacial score (nSPS) is 10.3. The molecule has 3 rings (SSSR count). The Bertz CT molecular complexity index is 1150. The number of hydrogen-bond donors (Lipinski definition) is 2. The molecule has 0 spiro atoms. The summed E-state index contributed by atoms with van der Waals surface area (Å²) < 4.78 is 6.24. The Hall–Kier alpha value is -4.07. The molecule has 0 saturated heterocycles. The summed E-state index contributed by atoms with van der Waals surface area (Å²) in [6.07, 6.45) is 0. The van der Waals surface area contributed by atoms with Gasteiger partial charge in [-0.25, -0.2) is 4.98 Å². The molecule has 7 heteroatoms. The molecule has 7 nitrogen and oxygen atoms in total. The van der Waals surface area contributed by atoms with Gasteiger partial charge in [-0.15, -0.1) is 0 Å². The van der Waals surface area contributed by atoms with E-state index in [2.05, 4.69) is 32.7 Å². The lowest BCUT2D eigenvalue weighted by Crippen LogP contribution is -2.21. The standard InChI is InChI=1S/C25H26N6O/c1-17-11-20(16-27)12-18(2)25(17)32-22-13-23(28-9-10-31(3)4)30-24(14-22)29-21-7-5-19(15-26)6-8-21/h5-8,11-14H,9-10H2,1-4H3,(H2,28,29,30). The van der Waals surface area contributed by atoms with E-state index in [0.29, 0.717) is 28.5 Å². The maximum absolute atomic E-state index is 9.20. The minimum Gasteiger partial charge on any atom is -0.457 e. The summed E-state index contributed by atoms with van der Waals surface area (Å²) in [5.41, 5.74) is 3.80. The Labute approximate surface area is 188 Å². The summed E-state index contributed by atoms with van der Waals surface area (Å²) in [5.74, 6) is 2.64. The van der Waals surface area contributed by atoms with Crippen LogP contribution in [-0.4, -0.2) is 37.1 Å². The van der Waals surface area contributed by atoms with Crippen molar-refractivity contribution in [2.45, 2.75) is 13.8 Å². The van der Waals surface area contributed by atoms with E-state index < -0.39 is 0 Å². The van der Waals surface area contributed by atoms with E-state index in [1.165, 1.54) is 0 Å². The second-order valence-corrected chi connectivity index (χ2v) is 7.77.